The maximum Gasteiger partial charge on any atom is 0.0287 e. The van der Waals surface area contributed by atoms with Crippen LogP contribution in [0.15, 0.2) is 72.3 Å². The molecule has 2 aromatic rings. The Morgan fingerprint density at radius 3 is 1.91 bits per heavy atom. The van der Waals surface area contributed by atoms with E-state index in [1.165, 1.54) is 30.4 Å². The lowest BCUT2D eigenvalue weighted by Crippen LogP contribution is -2.34. The molecule has 0 saturated heterocycles. The molecule has 1 heteroatoms. The highest BCUT2D eigenvalue weighted by Crippen LogP contribution is 2.24. The van der Waals surface area contributed by atoms with Gasteiger partial charge in [-0.15, -0.1) is 0 Å². The van der Waals surface area contributed by atoms with E-state index in [0.29, 0.717) is 6.04 Å². The van der Waals surface area contributed by atoms with Crippen LogP contribution < -0.4 is 0 Å². The van der Waals surface area contributed by atoms with Gasteiger partial charge in [0.15, 0.2) is 0 Å². The standard InChI is InChI=1S/C21H25N/c1-18-9-8-14-21(15-18)22(16-19-10-4-2-5-11-19)17-20-12-6-3-7-13-20/h2-7,10-13,15,21H,8-9,14,16-17H2,1H3. The summed E-state index contributed by atoms with van der Waals surface area (Å²) in [5, 5.41) is 0. The molecule has 0 amide bonds. The molecule has 0 fully saturated rings. The lowest BCUT2D eigenvalue weighted by Gasteiger charge is -2.33. The van der Waals surface area contributed by atoms with E-state index in [1.54, 1.807) is 5.57 Å². The van der Waals surface area contributed by atoms with Crippen molar-refractivity contribution in [3.63, 3.8) is 0 Å². The summed E-state index contributed by atoms with van der Waals surface area (Å²) in [7, 11) is 0. The Kier molecular flexibility index (Phi) is 5.07. The Bertz CT molecular complexity index is 559. The van der Waals surface area contributed by atoms with Crippen molar-refractivity contribution in [3.8, 4) is 0 Å². The molecule has 3 rings (SSSR count). The lowest BCUT2D eigenvalue weighted by atomic mass is 9.95. The van der Waals surface area contributed by atoms with Crippen LogP contribution in [0.5, 0.6) is 0 Å². The Hall–Kier alpha value is -1.86. The van der Waals surface area contributed by atoms with Crippen molar-refractivity contribution in [2.24, 2.45) is 0 Å². The Morgan fingerprint density at radius 2 is 1.41 bits per heavy atom. The van der Waals surface area contributed by atoms with Crippen molar-refractivity contribution in [2.75, 3.05) is 0 Å². The Morgan fingerprint density at radius 1 is 0.864 bits per heavy atom. The second kappa shape index (κ2) is 7.42. The molecule has 0 heterocycles. The molecule has 114 valence electrons. The van der Waals surface area contributed by atoms with Crippen LogP contribution in [0.4, 0.5) is 0 Å². The van der Waals surface area contributed by atoms with Gasteiger partial charge >= 0.3 is 0 Å². The summed E-state index contributed by atoms with van der Waals surface area (Å²) in [6.45, 7) is 4.31. The van der Waals surface area contributed by atoms with Gasteiger partial charge < -0.3 is 0 Å². The highest BCUT2D eigenvalue weighted by molar-refractivity contribution is 5.19. The average Bonchev–Trinajstić information content (AvgIpc) is 2.56. The highest BCUT2D eigenvalue weighted by atomic mass is 15.1. The number of nitrogens with zero attached hydrogens (tertiary/aromatic N) is 1. The van der Waals surface area contributed by atoms with E-state index >= 15 is 0 Å². The Balaban J connectivity index is 1.80. The van der Waals surface area contributed by atoms with E-state index in [1.807, 2.05) is 0 Å². The molecule has 0 N–H and O–H groups in total. The summed E-state index contributed by atoms with van der Waals surface area (Å²) in [4.78, 5) is 2.62. The lowest BCUT2D eigenvalue weighted by molar-refractivity contribution is 0.194. The van der Waals surface area contributed by atoms with Gasteiger partial charge in [-0.1, -0.05) is 72.3 Å². The molecule has 0 aliphatic heterocycles. The van der Waals surface area contributed by atoms with Gasteiger partial charge in [-0.25, -0.2) is 0 Å². The van der Waals surface area contributed by atoms with Crippen LogP contribution in [0, 0.1) is 0 Å². The minimum absolute atomic E-state index is 0.564. The number of rotatable bonds is 5. The number of allylic oxidation sites excluding steroid dienone is 1. The summed E-state index contributed by atoms with van der Waals surface area (Å²) >= 11 is 0. The van der Waals surface area contributed by atoms with Crippen molar-refractivity contribution in [1.29, 1.82) is 0 Å². The first-order valence-corrected chi connectivity index (χ1v) is 8.30. The van der Waals surface area contributed by atoms with Crippen molar-refractivity contribution in [3.05, 3.63) is 83.4 Å². The number of hydrogen-bond donors (Lipinski definition) is 0. The molecule has 0 radical (unpaired) electrons. The largest absolute Gasteiger partial charge is 0.288 e. The maximum atomic E-state index is 2.62. The predicted octanol–water partition coefficient (Wildman–Crippen LogP) is 5.19. The van der Waals surface area contributed by atoms with Crippen molar-refractivity contribution in [2.45, 2.75) is 45.3 Å². The topological polar surface area (TPSA) is 3.24 Å². The third-order valence-corrected chi connectivity index (χ3v) is 4.47. The smallest absolute Gasteiger partial charge is 0.0287 e. The van der Waals surface area contributed by atoms with E-state index in [0.717, 1.165) is 13.1 Å². The van der Waals surface area contributed by atoms with Crippen LogP contribution >= 0.6 is 0 Å². The summed E-state index contributed by atoms with van der Waals surface area (Å²) in [6.07, 6.45) is 6.33. The third kappa shape index (κ3) is 4.08. The first kappa shape index (κ1) is 15.1. The summed E-state index contributed by atoms with van der Waals surface area (Å²) in [5.74, 6) is 0. The van der Waals surface area contributed by atoms with Crippen molar-refractivity contribution < 1.29 is 0 Å². The highest BCUT2D eigenvalue weighted by Gasteiger charge is 2.19. The molecule has 2 aromatic carbocycles. The van der Waals surface area contributed by atoms with Crippen molar-refractivity contribution >= 4 is 0 Å². The van der Waals surface area contributed by atoms with Gasteiger partial charge in [0, 0.05) is 19.1 Å². The second-order valence-electron chi connectivity index (χ2n) is 6.35. The quantitative estimate of drug-likeness (QED) is 0.685. The second-order valence-corrected chi connectivity index (χ2v) is 6.35. The number of benzene rings is 2. The zero-order valence-electron chi connectivity index (χ0n) is 13.4. The zero-order chi connectivity index (χ0) is 15.2. The van der Waals surface area contributed by atoms with Gasteiger partial charge in [-0.05, 0) is 37.3 Å². The molecule has 1 unspecified atom stereocenters. The average molecular weight is 291 g/mol. The van der Waals surface area contributed by atoms with Gasteiger partial charge in [0.05, 0.1) is 0 Å². The van der Waals surface area contributed by atoms with E-state index in [9.17, 15) is 0 Å². The minimum atomic E-state index is 0.564. The normalized spacial score (nSPS) is 18.3. The molecule has 1 aliphatic carbocycles. The Labute approximate surface area is 134 Å². The monoisotopic (exact) mass is 291 g/mol. The van der Waals surface area contributed by atoms with Crippen LogP contribution in [0.2, 0.25) is 0 Å². The van der Waals surface area contributed by atoms with Crippen LogP contribution in [-0.4, -0.2) is 10.9 Å². The van der Waals surface area contributed by atoms with Crippen LogP contribution in [-0.2, 0) is 13.1 Å². The van der Waals surface area contributed by atoms with Crippen LogP contribution in [0.3, 0.4) is 0 Å². The fourth-order valence-electron chi connectivity index (χ4n) is 3.30. The van der Waals surface area contributed by atoms with E-state index < -0.39 is 0 Å². The van der Waals surface area contributed by atoms with E-state index in [-0.39, 0.29) is 0 Å². The molecule has 0 spiro atoms. The summed E-state index contributed by atoms with van der Waals surface area (Å²) in [6, 6.07) is 22.2. The fourth-order valence-corrected chi connectivity index (χ4v) is 3.30. The molecule has 22 heavy (non-hydrogen) atoms. The van der Waals surface area contributed by atoms with E-state index in [2.05, 4.69) is 78.6 Å². The van der Waals surface area contributed by atoms with Gasteiger partial charge in [-0.2, -0.15) is 0 Å². The SMILES string of the molecule is CC1=CC(N(Cc2ccccc2)Cc2ccccc2)CCC1. The first-order valence-electron chi connectivity index (χ1n) is 8.30. The van der Waals surface area contributed by atoms with Crippen LogP contribution in [0.1, 0.15) is 37.3 Å². The van der Waals surface area contributed by atoms with Gasteiger partial charge in [-0.3, -0.25) is 4.90 Å². The fraction of sp³-hybridized carbons (Fsp3) is 0.333. The molecule has 0 aromatic heterocycles. The summed E-state index contributed by atoms with van der Waals surface area (Å²) < 4.78 is 0. The third-order valence-electron chi connectivity index (χ3n) is 4.47. The van der Waals surface area contributed by atoms with Crippen LogP contribution in [0.25, 0.3) is 0 Å². The molecule has 1 nitrogen and oxygen atoms in total. The summed E-state index contributed by atoms with van der Waals surface area (Å²) in [5.41, 5.74) is 4.34. The molecular weight excluding hydrogens is 266 g/mol. The maximum absolute atomic E-state index is 2.62. The number of hydrogen-bond acceptors (Lipinski definition) is 1. The molecular formula is C21H25N. The first-order chi connectivity index (χ1) is 10.8. The van der Waals surface area contributed by atoms with E-state index in [4.69, 9.17) is 0 Å². The van der Waals surface area contributed by atoms with Gasteiger partial charge in [0.25, 0.3) is 0 Å². The van der Waals surface area contributed by atoms with Crippen molar-refractivity contribution in [1.82, 2.24) is 4.90 Å². The predicted molar refractivity (Wildman–Crippen MR) is 93.5 cm³/mol. The van der Waals surface area contributed by atoms with Gasteiger partial charge in [0.2, 0.25) is 0 Å². The zero-order valence-corrected chi connectivity index (χ0v) is 13.4. The molecule has 1 aliphatic rings. The van der Waals surface area contributed by atoms with Gasteiger partial charge in [0.1, 0.15) is 0 Å². The molecule has 1 atom stereocenters. The molecule has 0 bridgehead atoms. The molecule has 0 saturated carbocycles. The minimum Gasteiger partial charge on any atom is -0.288 e.